The highest BCUT2D eigenvalue weighted by molar-refractivity contribution is 7.51. The molecule has 0 heterocycles. The van der Waals surface area contributed by atoms with Crippen molar-refractivity contribution < 1.29 is 29.0 Å². The summed E-state index contributed by atoms with van der Waals surface area (Å²) in [6, 6.07) is -1.16. The zero-order chi connectivity index (χ0) is 12.8. The molecule has 1 atom stereocenters. The second kappa shape index (κ2) is 6.42. The molecule has 0 aromatic heterocycles. The first kappa shape index (κ1) is 14.8. The molecule has 92 valence electrons. The average molecular weight is 251 g/mol. The van der Waals surface area contributed by atoms with Crippen molar-refractivity contribution in [2.75, 3.05) is 6.16 Å². The highest BCUT2D eigenvalue weighted by Crippen LogP contribution is 2.35. The van der Waals surface area contributed by atoms with Gasteiger partial charge in [0.15, 0.2) is 0 Å². The highest BCUT2D eigenvalue weighted by Gasteiger charge is 2.20. The maximum absolute atomic E-state index is 10.8. The van der Waals surface area contributed by atoms with E-state index in [1.807, 2.05) is 0 Å². The van der Waals surface area contributed by atoms with Gasteiger partial charge in [0, 0.05) is 6.16 Å². The fourth-order valence-electron chi connectivity index (χ4n) is 0.989. The number of carbonyl (C=O) groups is 2. The molecule has 0 bridgehead atoms. The van der Waals surface area contributed by atoms with Crippen LogP contribution in [0.2, 0.25) is 0 Å². The number of carboxylic acid groups (broad SMARTS) is 1. The molecule has 0 aliphatic carbocycles. The number of hydrogen-bond donors (Lipinski definition) is 4. The Kier molecular flexibility index (Phi) is 5.95. The molecule has 0 radical (unpaired) electrons. The van der Waals surface area contributed by atoms with Gasteiger partial charge in [-0.15, -0.1) is 0 Å². The zero-order valence-corrected chi connectivity index (χ0v) is 9.39. The summed E-state index contributed by atoms with van der Waals surface area (Å²) in [5.74, 6) is -1.88. The third kappa shape index (κ3) is 7.17. The number of carbonyl (C=O) groups excluding carboxylic acids is 1. The lowest BCUT2D eigenvalue weighted by Crippen LogP contribution is -2.39. The Labute approximate surface area is 92.3 Å². The van der Waals surface area contributed by atoms with Crippen molar-refractivity contribution in [3.63, 3.8) is 0 Å². The molecular weight excluding hydrogens is 237 g/mol. The summed E-state index contributed by atoms with van der Waals surface area (Å²) in [6.45, 7) is 3.16. The topological polar surface area (TPSA) is 124 Å². The normalized spacial score (nSPS) is 12.9. The number of amides is 1. The number of carboxylic acids is 1. The molecule has 0 rings (SSSR count). The molecule has 7 nitrogen and oxygen atoms in total. The van der Waals surface area contributed by atoms with Crippen molar-refractivity contribution in [3.05, 3.63) is 12.7 Å². The van der Waals surface area contributed by atoms with Gasteiger partial charge in [-0.05, 0) is 18.9 Å². The molecular formula is C8H14NO6P. The van der Waals surface area contributed by atoms with Crippen molar-refractivity contribution >= 4 is 19.5 Å². The summed E-state index contributed by atoms with van der Waals surface area (Å²) in [7, 11) is -4.12. The van der Waals surface area contributed by atoms with E-state index in [2.05, 4.69) is 11.9 Å². The van der Waals surface area contributed by atoms with Gasteiger partial charge in [-0.3, -0.25) is 9.36 Å². The Hall–Kier alpha value is -1.17. The summed E-state index contributed by atoms with van der Waals surface area (Å²) < 4.78 is 10.5. The number of rotatable bonds is 7. The molecule has 0 saturated carbocycles. The van der Waals surface area contributed by atoms with E-state index < -0.39 is 31.7 Å². The van der Waals surface area contributed by atoms with Crippen LogP contribution in [0.15, 0.2) is 12.7 Å². The van der Waals surface area contributed by atoms with Crippen LogP contribution >= 0.6 is 7.60 Å². The lowest BCUT2D eigenvalue weighted by Gasteiger charge is -2.13. The van der Waals surface area contributed by atoms with Gasteiger partial charge in [-0.25, -0.2) is 4.79 Å². The second-order valence-corrected chi connectivity index (χ2v) is 4.91. The van der Waals surface area contributed by atoms with Gasteiger partial charge in [0.05, 0.1) is 0 Å². The molecule has 0 fully saturated rings. The monoisotopic (exact) mass is 251 g/mol. The van der Waals surface area contributed by atoms with Crippen LogP contribution in [0.1, 0.15) is 12.8 Å². The first-order valence-electron chi connectivity index (χ1n) is 4.46. The van der Waals surface area contributed by atoms with Crippen LogP contribution in [0.25, 0.3) is 0 Å². The van der Waals surface area contributed by atoms with Gasteiger partial charge < -0.3 is 20.2 Å². The Bertz CT molecular complexity index is 322. The average Bonchev–Trinajstić information content (AvgIpc) is 2.13. The summed E-state index contributed by atoms with van der Waals surface area (Å²) in [4.78, 5) is 38.6. The molecule has 0 aliphatic heterocycles. The highest BCUT2D eigenvalue weighted by atomic mass is 31.2. The molecule has 0 aromatic carbocycles. The maximum Gasteiger partial charge on any atom is 0.326 e. The minimum absolute atomic E-state index is 0.0126. The van der Waals surface area contributed by atoms with Crippen LogP contribution in [0, 0.1) is 0 Å². The van der Waals surface area contributed by atoms with Crippen molar-refractivity contribution in [1.82, 2.24) is 5.32 Å². The molecule has 0 aromatic rings. The summed E-state index contributed by atoms with van der Waals surface area (Å²) in [5.41, 5.74) is 0. The van der Waals surface area contributed by atoms with E-state index in [0.29, 0.717) is 0 Å². The van der Waals surface area contributed by atoms with Crippen molar-refractivity contribution in [2.45, 2.75) is 18.9 Å². The van der Waals surface area contributed by atoms with E-state index in [4.69, 9.17) is 14.9 Å². The number of hydrogen-bond acceptors (Lipinski definition) is 3. The molecule has 1 unspecified atom stereocenters. The minimum Gasteiger partial charge on any atom is -0.480 e. The van der Waals surface area contributed by atoms with Gasteiger partial charge in [-0.1, -0.05) is 6.58 Å². The summed E-state index contributed by atoms with van der Waals surface area (Å²) in [5, 5.41) is 10.8. The van der Waals surface area contributed by atoms with E-state index in [0.717, 1.165) is 6.08 Å². The van der Waals surface area contributed by atoms with E-state index >= 15 is 0 Å². The van der Waals surface area contributed by atoms with Crippen LogP contribution < -0.4 is 5.32 Å². The van der Waals surface area contributed by atoms with E-state index in [9.17, 15) is 14.2 Å². The summed E-state index contributed by atoms with van der Waals surface area (Å²) in [6.07, 6.45) is 0.498. The van der Waals surface area contributed by atoms with E-state index in [-0.39, 0.29) is 12.8 Å². The molecule has 8 heteroatoms. The fourth-order valence-corrected chi connectivity index (χ4v) is 1.58. The molecule has 0 aliphatic rings. The van der Waals surface area contributed by atoms with Gasteiger partial charge >= 0.3 is 13.6 Å². The predicted molar refractivity (Wildman–Crippen MR) is 55.9 cm³/mol. The molecule has 16 heavy (non-hydrogen) atoms. The first-order valence-corrected chi connectivity index (χ1v) is 6.26. The Morgan fingerprint density at radius 2 is 2.00 bits per heavy atom. The molecule has 1 amide bonds. The Morgan fingerprint density at radius 1 is 1.44 bits per heavy atom. The largest absolute Gasteiger partial charge is 0.480 e. The maximum atomic E-state index is 10.8. The van der Waals surface area contributed by atoms with Crippen LogP contribution in [0.3, 0.4) is 0 Å². The predicted octanol–water partition coefficient (Wildman–Crippen LogP) is -0.300. The van der Waals surface area contributed by atoms with E-state index in [1.165, 1.54) is 0 Å². The molecule has 4 N–H and O–H groups in total. The first-order chi connectivity index (χ1) is 7.26. The zero-order valence-electron chi connectivity index (χ0n) is 8.50. The van der Waals surface area contributed by atoms with Gasteiger partial charge in [0.1, 0.15) is 6.04 Å². The number of aliphatic carboxylic acids is 1. The van der Waals surface area contributed by atoms with Gasteiger partial charge in [0.2, 0.25) is 5.91 Å². The SMILES string of the molecule is C=CC(=O)NC(CCCP(=O)(O)O)C(=O)O. The Balaban J connectivity index is 4.15. The van der Waals surface area contributed by atoms with Gasteiger partial charge in [0.25, 0.3) is 0 Å². The quantitative estimate of drug-likeness (QED) is 0.364. The summed E-state index contributed by atoms with van der Waals surface area (Å²) >= 11 is 0. The number of nitrogens with one attached hydrogen (secondary N) is 1. The lowest BCUT2D eigenvalue weighted by molar-refractivity contribution is -0.141. The standard InChI is InChI=1S/C8H14NO6P/c1-2-7(10)9-6(8(11)12)4-3-5-16(13,14)15/h2,6H,1,3-5H2,(H,9,10)(H,11,12)(H2,13,14,15). The smallest absolute Gasteiger partial charge is 0.326 e. The van der Waals surface area contributed by atoms with Crippen molar-refractivity contribution in [3.8, 4) is 0 Å². The minimum atomic E-state index is -4.12. The third-order valence-corrected chi connectivity index (χ3v) is 2.64. The van der Waals surface area contributed by atoms with Crippen molar-refractivity contribution in [1.29, 1.82) is 0 Å². The van der Waals surface area contributed by atoms with Crippen LogP contribution in [-0.2, 0) is 14.2 Å². The lowest BCUT2D eigenvalue weighted by atomic mass is 10.1. The fraction of sp³-hybridized carbons (Fsp3) is 0.500. The molecule has 0 saturated heterocycles. The second-order valence-electron chi connectivity index (χ2n) is 3.13. The van der Waals surface area contributed by atoms with E-state index in [1.54, 1.807) is 0 Å². The van der Waals surface area contributed by atoms with Crippen LogP contribution in [0.5, 0.6) is 0 Å². The third-order valence-electron chi connectivity index (χ3n) is 1.74. The van der Waals surface area contributed by atoms with Crippen LogP contribution in [-0.4, -0.2) is 39.0 Å². The molecule has 0 spiro atoms. The van der Waals surface area contributed by atoms with Crippen molar-refractivity contribution in [2.24, 2.45) is 0 Å². The Morgan fingerprint density at radius 3 is 2.38 bits per heavy atom. The van der Waals surface area contributed by atoms with Gasteiger partial charge in [-0.2, -0.15) is 0 Å². The van der Waals surface area contributed by atoms with Crippen LogP contribution in [0.4, 0.5) is 0 Å².